The lowest BCUT2D eigenvalue weighted by atomic mass is 9.95. The van der Waals surface area contributed by atoms with Gasteiger partial charge in [-0.15, -0.1) is 0 Å². The fourth-order valence-electron chi connectivity index (χ4n) is 3.71. The van der Waals surface area contributed by atoms with Gasteiger partial charge in [-0.25, -0.2) is 4.79 Å². The maximum absolute atomic E-state index is 12.8. The zero-order valence-electron chi connectivity index (χ0n) is 23.4. The first-order valence-corrected chi connectivity index (χ1v) is 14.1. The molecule has 0 heterocycles. The van der Waals surface area contributed by atoms with Crippen LogP contribution in [-0.4, -0.2) is 35.0 Å². The Labute approximate surface area is 220 Å². The minimum Gasteiger partial charge on any atom is -0.480 e. The van der Waals surface area contributed by atoms with Gasteiger partial charge < -0.3 is 15.7 Å². The number of allylic oxidation sites excluding steroid dienone is 6. The first kappa shape index (κ1) is 33.6. The van der Waals surface area contributed by atoms with Gasteiger partial charge >= 0.3 is 5.97 Å². The van der Waals surface area contributed by atoms with E-state index in [9.17, 15) is 19.5 Å². The van der Waals surface area contributed by atoms with Crippen molar-refractivity contribution >= 4 is 17.8 Å². The van der Waals surface area contributed by atoms with E-state index in [-0.39, 0.29) is 17.7 Å². The van der Waals surface area contributed by atoms with Crippen molar-refractivity contribution in [2.75, 3.05) is 0 Å². The number of carbonyl (C=O) groups excluding carboxylic acids is 2. The summed E-state index contributed by atoms with van der Waals surface area (Å²) < 4.78 is 0. The number of unbranched alkanes of at least 4 members (excludes halogenated alkanes) is 5. The van der Waals surface area contributed by atoms with E-state index in [2.05, 4.69) is 54.0 Å². The van der Waals surface area contributed by atoms with Gasteiger partial charge in [-0.3, -0.25) is 9.59 Å². The van der Waals surface area contributed by atoms with Crippen LogP contribution in [-0.2, 0) is 14.4 Å². The number of amides is 2. The number of aliphatic carboxylic acids is 1. The highest BCUT2D eigenvalue weighted by Crippen LogP contribution is 2.13. The van der Waals surface area contributed by atoms with Crippen molar-refractivity contribution in [3.05, 3.63) is 36.5 Å². The third-order valence-electron chi connectivity index (χ3n) is 6.63. The van der Waals surface area contributed by atoms with Crippen molar-refractivity contribution < 1.29 is 19.5 Å². The summed E-state index contributed by atoms with van der Waals surface area (Å²) in [5.41, 5.74) is 0. The van der Waals surface area contributed by atoms with Gasteiger partial charge in [-0.1, -0.05) is 96.8 Å². The molecule has 0 aliphatic heterocycles. The van der Waals surface area contributed by atoms with Gasteiger partial charge in [0.1, 0.15) is 12.1 Å². The van der Waals surface area contributed by atoms with Crippen LogP contribution >= 0.6 is 0 Å². The van der Waals surface area contributed by atoms with E-state index >= 15 is 0 Å². The zero-order valence-corrected chi connectivity index (χ0v) is 23.4. The highest BCUT2D eigenvalue weighted by atomic mass is 16.4. The first-order valence-electron chi connectivity index (χ1n) is 14.1. The lowest BCUT2D eigenvalue weighted by Crippen LogP contribution is -2.55. The molecule has 6 heteroatoms. The molecular weight excluding hydrogens is 452 g/mol. The van der Waals surface area contributed by atoms with Crippen molar-refractivity contribution in [3.63, 3.8) is 0 Å². The summed E-state index contributed by atoms with van der Waals surface area (Å²) in [4.78, 5) is 36.9. The molecule has 0 rings (SSSR count). The van der Waals surface area contributed by atoms with Crippen LogP contribution in [0.4, 0.5) is 0 Å². The molecule has 206 valence electrons. The highest BCUT2D eigenvalue weighted by molar-refractivity contribution is 5.90. The van der Waals surface area contributed by atoms with Crippen LogP contribution in [0.1, 0.15) is 112 Å². The summed E-state index contributed by atoms with van der Waals surface area (Å²) in [6.45, 7) is 9.76. The Balaban J connectivity index is 4.32. The Hall–Kier alpha value is -2.37. The van der Waals surface area contributed by atoms with Crippen molar-refractivity contribution in [2.45, 2.75) is 124 Å². The summed E-state index contributed by atoms with van der Waals surface area (Å²) in [6.07, 6.45) is 24.4. The Morgan fingerprint density at radius 3 is 1.69 bits per heavy atom. The fourth-order valence-corrected chi connectivity index (χ4v) is 3.71. The van der Waals surface area contributed by atoms with Gasteiger partial charge in [0.2, 0.25) is 11.8 Å². The number of carboxylic acid groups (broad SMARTS) is 1. The number of hydrogen-bond acceptors (Lipinski definition) is 3. The quantitative estimate of drug-likeness (QED) is 0.119. The molecule has 0 aromatic carbocycles. The number of hydrogen-bond donors (Lipinski definition) is 3. The molecule has 0 radical (unpaired) electrons. The molecule has 36 heavy (non-hydrogen) atoms. The van der Waals surface area contributed by atoms with Crippen LogP contribution in [0.2, 0.25) is 0 Å². The summed E-state index contributed by atoms with van der Waals surface area (Å²) in [7, 11) is 0. The average Bonchev–Trinajstić information content (AvgIpc) is 2.86. The zero-order chi connectivity index (χ0) is 27.2. The van der Waals surface area contributed by atoms with Gasteiger partial charge in [0, 0.05) is 6.42 Å². The van der Waals surface area contributed by atoms with Gasteiger partial charge in [0.25, 0.3) is 0 Å². The van der Waals surface area contributed by atoms with Gasteiger partial charge in [0.15, 0.2) is 0 Å². The van der Waals surface area contributed by atoms with E-state index in [4.69, 9.17) is 0 Å². The monoisotopic (exact) mass is 504 g/mol. The molecule has 0 saturated carbocycles. The smallest absolute Gasteiger partial charge is 0.326 e. The van der Waals surface area contributed by atoms with Gasteiger partial charge in [-0.05, 0) is 56.8 Å². The van der Waals surface area contributed by atoms with E-state index in [1.54, 1.807) is 6.92 Å². The maximum Gasteiger partial charge on any atom is 0.326 e. The number of nitrogens with one attached hydrogen (secondary N) is 2. The Bertz CT molecular complexity index is 699. The predicted octanol–water partition coefficient (Wildman–Crippen LogP) is 6.72. The van der Waals surface area contributed by atoms with Crippen LogP contribution in [0.3, 0.4) is 0 Å². The third-order valence-corrected chi connectivity index (χ3v) is 6.63. The Morgan fingerprint density at radius 2 is 1.19 bits per heavy atom. The molecule has 0 fully saturated rings. The Kier molecular flexibility index (Phi) is 20.4. The first-order chi connectivity index (χ1) is 17.3. The second-order valence-electron chi connectivity index (χ2n) is 9.77. The average molecular weight is 505 g/mol. The number of rotatable bonds is 21. The van der Waals surface area contributed by atoms with Crippen LogP contribution in [0.25, 0.3) is 0 Å². The molecule has 0 saturated heterocycles. The summed E-state index contributed by atoms with van der Waals surface area (Å²) in [6, 6.07) is -1.69. The van der Waals surface area contributed by atoms with E-state index in [1.807, 2.05) is 20.8 Å². The van der Waals surface area contributed by atoms with Crippen LogP contribution in [0.15, 0.2) is 36.5 Å². The Morgan fingerprint density at radius 1 is 0.694 bits per heavy atom. The van der Waals surface area contributed by atoms with E-state index < -0.39 is 24.0 Å². The summed E-state index contributed by atoms with van der Waals surface area (Å²) >= 11 is 0. The topological polar surface area (TPSA) is 95.5 Å². The third kappa shape index (κ3) is 16.3. The summed E-state index contributed by atoms with van der Waals surface area (Å²) in [5.74, 6) is -1.92. The molecule has 0 spiro atoms. The minimum atomic E-state index is -1.05. The molecule has 0 aromatic heterocycles. The second-order valence-corrected chi connectivity index (χ2v) is 9.77. The predicted molar refractivity (Wildman–Crippen MR) is 150 cm³/mol. The molecular formula is C30H52N2O4. The minimum absolute atomic E-state index is 0.0899. The van der Waals surface area contributed by atoms with E-state index in [0.29, 0.717) is 19.3 Å². The van der Waals surface area contributed by atoms with E-state index in [1.165, 1.54) is 25.7 Å². The van der Waals surface area contributed by atoms with Gasteiger partial charge in [0.05, 0.1) is 0 Å². The molecule has 0 aliphatic rings. The number of carbonyl (C=O) groups is 3. The molecule has 0 aromatic rings. The molecule has 6 nitrogen and oxygen atoms in total. The number of carboxylic acids is 1. The normalized spacial score (nSPS) is 15.2. The van der Waals surface area contributed by atoms with Crippen molar-refractivity contribution in [2.24, 2.45) is 11.8 Å². The molecule has 0 bridgehead atoms. The molecule has 2 unspecified atom stereocenters. The highest BCUT2D eigenvalue weighted by Gasteiger charge is 2.31. The van der Waals surface area contributed by atoms with Crippen LogP contribution < -0.4 is 10.6 Å². The van der Waals surface area contributed by atoms with Crippen molar-refractivity contribution in [1.82, 2.24) is 10.6 Å². The van der Waals surface area contributed by atoms with Crippen molar-refractivity contribution in [3.8, 4) is 0 Å². The fraction of sp³-hybridized carbons (Fsp3) is 0.700. The van der Waals surface area contributed by atoms with Crippen molar-refractivity contribution in [1.29, 1.82) is 0 Å². The summed E-state index contributed by atoms with van der Waals surface area (Å²) in [5, 5.41) is 15.0. The second kappa shape index (κ2) is 21.9. The molecule has 3 N–H and O–H groups in total. The molecule has 4 atom stereocenters. The van der Waals surface area contributed by atoms with Crippen LogP contribution in [0, 0.1) is 11.8 Å². The van der Waals surface area contributed by atoms with Crippen LogP contribution in [0.5, 0.6) is 0 Å². The molecule has 2 amide bonds. The lowest BCUT2D eigenvalue weighted by Gasteiger charge is -2.27. The molecule has 0 aliphatic carbocycles. The van der Waals surface area contributed by atoms with Gasteiger partial charge in [-0.2, -0.15) is 0 Å². The lowest BCUT2D eigenvalue weighted by molar-refractivity contribution is -0.144. The maximum atomic E-state index is 12.8. The SMILES string of the molecule is CCCCC/C=C\C/C=C\C/C=C\CCCCC(=O)N[C@H](C(=O)N[C@H](C(=O)O)C(C)CC)C(C)CC. The van der Waals surface area contributed by atoms with E-state index in [0.717, 1.165) is 32.1 Å². The standard InChI is InChI=1S/C30H52N2O4/c1-6-9-10-11-12-13-14-15-16-17-18-19-20-21-22-23-26(33)31-27(24(4)7-2)29(34)32-28(30(35)36)25(5)8-3/h12-13,15-16,18-19,24-25,27-28H,6-11,14,17,20-23H2,1-5H3,(H,31,33)(H,32,34)(H,35,36)/b13-12-,16-15-,19-18-/t24?,25?,27-,28-/m0/s1. The largest absolute Gasteiger partial charge is 0.480 e.